The Labute approximate surface area is 250 Å². The maximum Gasteiger partial charge on any atom is 0.344 e. The molecule has 0 atom stereocenters. The molecule has 0 aliphatic carbocycles. The lowest BCUT2D eigenvalue weighted by Gasteiger charge is -2.15. The maximum atomic E-state index is 13.6. The Kier molecular flexibility index (Phi) is 10.1. The third-order valence-corrected chi connectivity index (χ3v) is 7.21. The van der Waals surface area contributed by atoms with E-state index < -0.39 is 17.6 Å². The van der Waals surface area contributed by atoms with E-state index >= 15 is 0 Å². The molecule has 0 bridgehead atoms. The van der Waals surface area contributed by atoms with Crippen LogP contribution in [0.3, 0.4) is 0 Å². The molecule has 1 aliphatic rings. The Morgan fingerprint density at radius 3 is 2.49 bits per heavy atom. The minimum absolute atomic E-state index is 0.0386. The van der Waals surface area contributed by atoms with Crippen molar-refractivity contribution in [3.8, 4) is 11.5 Å². The number of carbonyl (C=O) groups is 2. The molecule has 0 aromatic heterocycles. The lowest BCUT2D eigenvalue weighted by molar-refractivity contribution is -0.138. The van der Waals surface area contributed by atoms with Crippen LogP contribution < -0.4 is 9.47 Å². The third kappa shape index (κ3) is 7.30. The van der Waals surface area contributed by atoms with E-state index in [1.807, 2.05) is 0 Å². The fourth-order valence-corrected chi connectivity index (χ4v) is 5.29. The summed E-state index contributed by atoms with van der Waals surface area (Å²) in [6, 6.07) is 15.6. The van der Waals surface area contributed by atoms with Crippen LogP contribution in [0.2, 0.25) is 10.0 Å². The van der Waals surface area contributed by atoms with Crippen molar-refractivity contribution in [3.63, 3.8) is 0 Å². The van der Waals surface area contributed by atoms with Gasteiger partial charge in [0, 0.05) is 0 Å². The van der Waals surface area contributed by atoms with Crippen LogP contribution in [0.5, 0.6) is 11.5 Å². The number of nitrogens with zero attached hydrogens (tertiary/aromatic N) is 1. The predicted octanol–water partition coefficient (Wildman–Crippen LogP) is 7.81. The van der Waals surface area contributed by atoms with Crippen molar-refractivity contribution in [2.45, 2.75) is 20.5 Å². The van der Waals surface area contributed by atoms with Gasteiger partial charge in [0.2, 0.25) is 0 Å². The second kappa shape index (κ2) is 13.7. The molecule has 1 amide bonds. The molecule has 3 aromatic rings. The molecule has 0 saturated heterocycles. The van der Waals surface area contributed by atoms with Gasteiger partial charge in [0.05, 0.1) is 33.7 Å². The van der Waals surface area contributed by atoms with Crippen molar-refractivity contribution in [2.24, 2.45) is 4.99 Å². The molecule has 0 unspecified atom stereocenters. The molecule has 1 aliphatic heterocycles. The summed E-state index contributed by atoms with van der Waals surface area (Å²) in [5, 5.41) is 11.4. The van der Waals surface area contributed by atoms with Crippen molar-refractivity contribution in [2.75, 3.05) is 13.2 Å². The summed E-state index contributed by atoms with van der Waals surface area (Å²) in [7, 11) is 0. The van der Waals surface area contributed by atoms with Gasteiger partial charge >= 0.3 is 5.97 Å². The molecular formula is C30H24Cl2FNO6S. The number of benzene rings is 3. The summed E-state index contributed by atoms with van der Waals surface area (Å²) in [6.45, 7) is 3.83. The molecule has 3 aromatic carbocycles. The highest BCUT2D eigenvalue weighted by atomic mass is 35.5. The Morgan fingerprint density at radius 2 is 1.78 bits per heavy atom. The zero-order valence-electron chi connectivity index (χ0n) is 21.9. The number of thioether (sulfide) groups is 1. The van der Waals surface area contributed by atoms with Crippen molar-refractivity contribution >= 4 is 58.0 Å². The number of carbonyl (C=O) groups excluding carboxylic acids is 2. The Bertz CT molecular complexity index is 1590. The topological polar surface area (TPSA) is 94.4 Å². The summed E-state index contributed by atoms with van der Waals surface area (Å²) >= 11 is 13.6. The van der Waals surface area contributed by atoms with Crippen LogP contribution in [0.15, 0.2) is 81.9 Å². The molecule has 11 heteroatoms. The number of rotatable bonds is 9. The highest BCUT2D eigenvalue weighted by Crippen LogP contribution is 2.42. The van der Waals surface area contributed by atoms with Crippen LogP contribution in [0.1, 0.15) is 35.3 Å². The van der Waals surface area contributed by atoms with Gasteiger partial charge in [-0.15, -0.1) is 0 Å². The van der Waals surface area contributed by atoms with Gasteiger partial charge in [0.1, 0.15) is 28.8 Å². The molecule has 0 saturated carbocycles. The zero-order valence-corrected chi connectivity index (χ0v) is 24.3. The maximum absolute atomic E-state index is 13.6. The first-order valence-corrected chi connectivity index (χ1v) is 14.0. The average Bonchev–Trinajstić information content (AvgIpc) is 3.22. The van der Waals surface area contributed by atoms with E-state index in [9.17, 15) is 19.1 Å². The van der Waals surface area contributed by atoms with Crippen LogP contribution in [0, 0.1) is 5.82 Å². The second-order valence-electron chi connectivity index (χ2n) is 8.44. The Morgan fingerprint density at radius 1 is 1.00 bits per heavy atom. The summed E-state index contributed by atoms with van der Waals surface area (Å²) < 4.78 is 30.3. The smallest absolute Gasteiger partial charge is 0.344 e. The summed E-state index contributed by atoms with van der Waals surface area (Å²) in [4.78, 5) is 29.9. The van der Waals surface area contributed by atoms with Gasteiger partial charge in [0.15, 0.2) is 11.5 Å². The van der Waals surface area contributed by atoms with Crippen molar-refractivity contribution < 1.29 is 33.3 Å². The Balaban J connectivity index is 1.69. The fraction of sp³-hybridized carbons (Fsp3) is 0.167. The number of halogens is 3. The van der Waals surface area contributed by atoms with Gasteiger partial charge in [-0.2, -0.15) is 0 Å². The summed E-state index contributed by atoms with van der Waals surface area (Å²) in [5.41, 5.74) is 1.02. The van der Waals surface area contributed by atoms with Gasteiger partial charge in [0.25, 0.3) is 5.91 Å². The van der Waals surface area contributed by atoms with Gasteiger partial charge in [-0.25, -0.2) is 14.2 Å². The van der Waals surface area contributed by atoms with E-state index in [2.05, 4.69) is 4.99 Å². The fourth-order valence-electron chi connectivity index (χ4n) is 3.79. The van der Waals surface area contributed by atoms with Gasteiger partial charge in [-0.05, 0) is 67.4 Å². The van der Waals surface area contributed by atoms with E-state index in [1.54, 1.807) is 62.4 Å². The highest BCUT2D eigenvalue weighted by molar-refractivity contribution is 8.18. The molecule has 0 fully saturated rings. The second-order valence-corrected chi connectivity index (χ2v) is 10.3. The summed E-state index contributed by atoms with van der Waals surface area (Å²) in [6.07, 6.45) is 1.56. The van der Waals surface area contributed by atoms with E-state index in [-0.39, 0.29) is 55.9 Å². The molecule has 1 N–H and O–H groups in total. The van der Waals surface area contributed by atoms with Crippen LogP contribution >= 0.6 is 35.0 Å². The average molecular weight is 616 g/mol. The molecule has 0 radical (unpaired) electrons. The van der Waals surface area contributed by atoms with E-state index in [4.69, 9.17) is 37.4 Å². The van der Waals surface area contributed by atoms with Crippen LogP contribution in [-0.4, -0.2) is 35.2 Å². The molecular weight excluding hydrogens is 592 g/mol. The number of aliphatic hydroxyl groups is 1. The number of esters is 1. The number of amides is 1. The zero-order chi connectivity index (χ0) is 29.5. The molecule has 1 heterocycles. The normalized spacial score (nSPS) is 15.0. The number of aliphatic hydroxyl groups excluding tert-OH is 1. The number of hydrogen-bond donors (Lipinski definition) is 1. The van der Waals surface area contributed by atoms with E-state index in [0.29, 0.717) is 23.5 Å². The first-order chi connectivity index (χ1) is 19.7. The Hall–Kier alpha value is -3.79. The third-order valence-electron chi connectivity index (χ3n) is 5.58. The largest absolute Gasteiger partial charge is 0.506 e. The lowest BCUT2D eigenvalue weighted by Crippen LogP contribution is -2.14. The molecule has 7 nitrogen and oxygen atoms in total. The summed E-state index contributed by atoms with van der Waals surface area (Å²) in [5.74, 6) is -1.72. The monoisotopic (exact) mass is 615 g/mol. The van der Waals surface area contributed by atoms with E-state index in [0.717, 1.165) is 11.8 Å². The number of aliphatic imine (C=N–C) groups is 1. The highest BCUT2D eigenvalue weighted by Gasteiger charge is 2.34. The van der Waals surface area contributed by atoms with Gasteiger partial charge in [-0.3, -0.25) is 4.79 Å². The van der Waals surface area contributed by atoms with Gasteiger partial charge < -0.3 is 19.3 Å². The quantitative estimate of drug-likeness (QED) is 0.245. The molecule has 4 rings (SSSR count). The number of hydrogen-bond acceptors (Lipinski definition) is 7. The standard InChI is InChI=1S/C30H24Cl2FNO6S/c1-3-38-23-14-18(13-22(32)27(23)40-16-17-8-7-9-19(33)12-17)15-24-26(35)25(30(37)39-4-2)29(41-24)34-28(36)20-10-5-6-11-21(20)31/h5-15,35H,3-4,16H2,1-2H3/b24-15-,34-29?. The molecule has 41 heavy (non-hydrogen) atoms. The first kappa shape index (κ1) is 30.2. The van der Waals surface area contributed by atoms with Crippen LogP contribution in [0.4, 0.5) is 4.39 Å². The van der Waals surface area contributed by atoms with E-state index in [1.165, 1.54) is 18.2 Å². The van der Waals surface area contributed by atoms with Crippen molar-refractivity contribution in [3.05, 3.63) is 109 Å². The van der Waals surface area contributed by atoms with Crippen molar-refractivity contribution in [1.82, 2.24) is 0 Å². The molecule has 0 spiro atoms. The van der Waals surface area contributed by atoms with Crippen LogP contribution in [0.25, 0.3) is 6.08 Å². The van der Waals surface area contributed by atoms with Gasteiger partial charge in [-0.1, -0.05) is 59.2 Å². The van der Waals surface area contributed by atoms with Crippen molar-refractivity contribution in [1.29, 1.82) is 0 Å². The minimum Gasteiger partial charge on any atom is -0.506 e. The SMILES string of the molecule is CCOC(=O)C1=C(O)/C(=C/c2cc(Cl)c(OCc3cccc(F)c3)c(OCC)c2)SC1=NC(=O)c1ccccc1Cl. The minimum atomic E-state index is -0.833. The predicted molar refractivity (Wildman–Crippen MR) is 158 cm³/mol. The first-order valence-electron chi connectivity index (χ1n) is 12.4. The molecule has 212 valence electrons. The lowest BCUT2D eigenvalue weighted by atomic mass is 10.1. The number of ether oxygens (including phenoxy) is 3. The van der Waals surface area contributed by atoms with Crippen LogP contribution in [-0.2, 0) is 16.1 Å².